The number of benzene rings is 1. The molecule has 1 fully saturated rings. The summed E-state index contributed by atoms with van der Waals surface area (Å²) in [6.07, 6.45) is 1.88. The number of aliphatic hydroxyl groups is 1. The topological polar surface area (TPSA) is 92.5 Å². The lowest BCUT2D eigenvalue weighted by molar-refractivity contribution is -0.385. The molecule has 108 valence electrons. The van der Waals surface area contributed by atoms with Crippen LogP contribution in [0.15, 0.2) is 12.1 Å². The number of nitro groups is 1. The normalized spacial score (nSPS) is 16.4. The SMILES string of the molecule is O=C(NC1(CO)CCC1)c1cc(F)c(F)cc1[N+](=O)[O-]. The third-order valence-corrected chi connectivity index (χ3v) is 3.47. The van der Waals surface area contributed by atoms with Gasteiger partial charge >= 0.3 is 0 Å². The fourth-order valence-corrected chi connectivity index (χ4v) is 2.10. The predicted molar refractivity (Wildman–Crippen MR) is 64.1 cm³/mol. The number of nitrogens with one attached hydrogen (secondary N) is 1. The van der Waals surface area contributed by atoms with Crippen molar-refractivity contribution < 1.29 is 23.6 Å². The third-order valence-electron chi connectivity index (χ3n) is 3.47. The maximum atomic E-state index is 13.2. The molecule has 2 rings (SSSR count). The molecule has 1 saturated carbocycles. The van der Waals surface area contributed by atoms with E-state index in [4.69, 9.17) is 0 Å². The van der Waals surface area contributed by atoms with Gasteiger partial charge in [0.15, 0.2) is 11.6 Å². The van der Waals surface area contributed by atoms with Gasteiger partial charge in [0.2, 0.25) is 0 Å². The summed E-state index contributed by atoms with van der Waals surface area (Å²) in [5.74, 6) is -3.63. The highest BCUT2D eigenvalue weighted by molar-refractivity contribution is 5.98. The summed E-state index contributed by atoms with van der Waals surface area (Å²) in [5, 5.41) is 22.5. The second kappa shape index (κ2) is 5.12. The van der Waals surface area contributed by atoms with Gasteiger partial charge in [-0.1, -0.05) is 0 Å². The van der Waals surface area contributed by atoms with Crippen molar-refractivity contribution in [2.24, 2.45) is 0 Å². The molecule has 8 heteroatoms. The van der Waals surface area contributed by atoms with E-state index in [0.717, 1.165) is 6.42 Å². The molecular formula is C12H12F2N2O4. The van der Waals surface area contributed by atoms with Crippen molar-refractivity contribution in [2.75, 3.05) is 6.61 Å². The Bertz CT molecular complexity index is 567. The first kappa shape index (κ1) is 14.3. The highest BCUT2D eigenvalue weighted by Crippen LogP contribution is 2.32. The zero-order chi connectivity index (χ0) is 14.9. The number of rotatable bonds is 4. The maximum absolute atomic E-state index is 13.2. The van der Waals surface area contributed by atoms with E-state index >= 15 is 0 Å². The largest absolute Gasteiger partial charge is 0.394 e. The number of nitrogens with zero attached hydrogens (tertiary/aromatic N) is 1. The van der Waals surface area contributed by atoms with Gasteiger partial charge in [0.05, 0.1) is 23.1 Å². The fourth-order valence-electron chi connectivity index (χ4n) is 2.10. The van der Waals surface area contributed by atoms with Gasteiger partial charge in [-0.25, -0.2) is 8.78 Å². The Labute approximate surface area is 112 Å². The Morgan fingerprint density at radius 2 is 2.00 bits per heavy atom. The summed E-state index contributed by atoms with van der Waals surface area (Å²) in [5.41, 5.74) is -2.20. The van der Waals surface area contributed by atoms with E-state index in [1.54, 1.807) is 0 Å². The molecule has 2 N–H and O–H groups in total. The summed E-state index contributed by atoms with van der Waals surface area (Å²) >= 11 is 0. The molecule has 1 aliphatic rings. The van der Waals surface area contributed by atoms with E-state index in [0.29, 0.717) is 25.0 Å². The molecule has 0 saturated heterocycles. The van der Waals surface area contributed by atoms with Crippen LogP contribution in [0.25, 0.3) is 0 Å². The number of hydrogen-bond donors (Lipinski definition) is 2. The average molecular weight is 286 g/mol. The Morgan fingerprint density at radius 1 is 1.40 bits per heavy atom. The molecule has 1 aliphatic carbocycles. The van der Waals surface area contributed by atoms with Crippen molar-refractivity contribution in [3.63, 3.8) is 0 Å². The van der Waals surface area contributed by atoms with Gasteiger partial charge in [-0.3, -0.25) is 14.9 Å². The van der Waals surface area contributed by atoms with Crippen LogP contribution in [0.4, 0.5) is 14.5 Å². The molecule has 20 heavy (non-hydrogen) atoms. The molecule has 0 heterocycles. The fraction of sp³-hybridized carbons (Fsp3) is 0.417. The Hall–Kier alpha value is -2.09. The Morgan fingerprint density at radius 3 is 2.45 bits per heavy atom. The summed E-state index contributed by atoms with van der Waals surface area (Å²) in [4.78, 5) is 21.8. The van der Waals surface area contributed by atoms with Crippen molar-refractivity contribution in [1.29, 1.82) is 0 Å². The smallest absolute Gasteiger partial charge is 0.285 e. The summed E-state index contributed by atoms with van der Waals surface area (Å²) in [6, 6.07) is 0.864. The highest BCUT2D eigenvalue weighted by atomic mass is 19.2. The number of aliphatic hydroxyl groups excluding tert-OH is 1. The molecule has 0 atom stereocenters. The van der Waals surface area contributed by atoms with E-state index in [2.05, 4.69) is 5.32 Å². The van der Waals surface area contributed by atoms with Crippen LogP contribution in [0.1, 0.15) is 29.6 Å². The van der Waals surface area contributed by atoms with Gasteiger partial charge in [0.1, 0.15) is 5.56 Å². The van der Waals surface area contributed by atoms with Crippen LogP contribution in [0.2, 0.25) is 0 Å². The van der Waals surface area contributed by atoms with Gasteiger partial charge < -0.3 is 10.4 Å². The van der Waals surface area contributed by atoms with Crippen molar-refractivity contribution in [3.05, 3.63) is 39.4 Å². The first-order valence-corrected chi connectivity index (χ1v) is 5.95. The zero-order valence-corrected chi connectivity index (χ0v) is 10.4. The van der Waals surface area contributed by atoms with Crippen molar-refractivity contribution >= 4 is 11.6 Å². The van der Waals surface area contributed by atoms with Crippen LogP contribution in [0.3, 0.4) is 0 Å². The number of carbonyl (C=O) groups is 1. The Kier molecular flexibility index (Phi) is 3.67. The lowest BCUT2D eigenvalue weighted by Gasteiger charge is -2.40. The van der Waals surface area contributed by atoms with Gasteiger partial charge in [-0.15, -0.1) is 0 Å². The minimum absolute atomic E-state index is 0.309. The van der Waals surface area contributed by atoms with Crippen molar-refractivity contribution in [2.45, 2.75) is 24.8 Å². The second-order valence-electron chi connectivity index (χ2n) is 4.79. The molecule has 1 aromatic rings. The second-order valence-corrected chi connectivity index (χ2v) is 4.79. The minimum Gasteiger partial charge on any atom is -0.394 e. The summed E-state index contributed by atoms with van der Waals surface area (Å²) < 4.78 is 26.2. The van der Waals surface area contributed by atoms with Crippen molar-refractivity contribution in [3.8, 4) is 0 Å². The van der Waals surface area contributed by atoms with E-state index in [1.807, 2.05) is 0 Å². The van der Waals surface area contributed by atoms with Crippen LogP contribution in [-0.2, 0) is 0 Å². The number of halogens is 2. The lowest BCUT2D eigenvalue weighted by atomic mass is 9.77. The quantitative estimate of drug-likeness (QED) is 0.648. The van der Waals surface area contributed by atoms with Crippen molar-refractivity contribution in [1.82, 2.24) is 5.32 Å². The lowest BCUT2D eigenvalue weighted by Crippen LogP contribution is -2.56. The monoisotopic (exact) mass is 286 g/mol. The average Bonchev–Trinajstić information content (AvgIpc) is 2.36. The van der Waals surface area contributed by atoms with E-state index in [9.17, 15) is 28.8 Å². The number of carbonyl (C=O) groups excluding carboxylic acids is 1. The van der Waals surface area contributed by atoms with Crippen LogP contribution in [-0.4, -0.2) is 28.1 Å². The van der Waals surface area contributed by atoms with Crippen LogP contribution in [0, 0.1) is 21.7 Å². The zero-order valence-electron chi connectivity index (χ0n) is 10.4. The van der Waals surface area contributed by atoms with Crippen LogP contribution in [0.5, 0.6) is 0 Å². The molecular weight excluding hydrogens is 274 g/mol. The van der Waals surface area contributed by atoms with Gasteiger partial charge in [0, 0.05) is 0 Å². The number of hydrogen-bond acceptors (Lipinski definition) is 4. The standard InChI is InChI=1S/C12H12F2N2O4/c13-8-4-7(10(16(19)20)5-9(8)14)11(18)15-12(6-17)2-1-3-12/h4-5,17H,1-3,6H2,(H,15,18). The summed E-state index contributed by atoms with van der Waals surface area (Å²) in [6.45, 7) is -0.309. The first-order valence-electron chi connectivity index (χ1n) is 5.95. The maximum Gasteiger partial charge on any atom is 0.285 e. The summed E-state index contributed by atoms with van der Waals surface area (Å²) in [7, 11) is 0. The first-order chi connectivity index (χ1) is 9.38. The molecule has 0 radical (unpaired) electrons. The molecule has 0 unspecified atom stereocenters. The van der Waals surface area contributed by atoms with E-state index < -0.39 is 39.3 Å². The van der Waals surface area contributed by atoms with E-state index in [1.165, 1.54) is 0 Å². The predicted octanol–water partition coefficient (Wildman–Crippen LogP) is 1.52. The molecule has 6 nitrogen and oxygen atoms in total. The van der Waals surface area contributed by atoms with E-state index in [-0.39, 0.29) is 6.61 Å². The number of nitro benzene ring substituents is 1. The van der Waals surface area contributed by atoms with Gasteiger partial charge in [-0.2, -0.15) is 0 Å². The van der Waals surface area contributed by atoms with Gasteiger partial charge in [-0.05, 0) is 25.3 Å². The highest BCUT2D eigenvalue weighted by Gasteiger charge is 2.39. The van der Waals surface area contributed by atoms with Crippen LogP contribution >= 0.6 is 0 Å². The Balaban J connectivity index is 2.33. The molecule has 0 spiro atoms. The third kappa shape index (κ3) is 2.46. The molecule has 1 aromatic carbocycles. The van der Waals surface area contributed by atoms with Crippen LogP contribution < -0.4 is 5.32 Å². The number of amides is 1. The van der Waals surface area contributed by atoms with Gasteiger partial charge in [0.25, 0.3) is 11.6 Å². The molecule has 0 aliphatic heterocycles. The molecule has 1 amide bonds. The minimum atomic E-state index is -1.39. The molecule has 0 aromatic heterocycles. The molecule has 0 bridgehead atoms.